The Morgan fingerprint density at radius 1 is 0.944 bits per heavy atom. The summed E-state index contributed by atoms with van der Waals surface area (Å²) in [7, 11) is 4.33. The van der Waals surface area contributed by atoms with Crippen LogP contribution < -0.4 is 14.9 Å². The van der Waals surface area contributed by atoms with Crippen molar-refractivity contribution < 1.29 is 9.47 Å². The van der Waals surface area contributed by atoms with E-state index >= 15 is 0 Å². The third kappa shape index (κ3) is 4.61. The first-order valence-corrected chi connectivity index (χ1v) is 6.67. The molecule has 1 aromatic carbocycles. The maximum Gasteiger partial charge on any atom is 0.238 e. The van der Waals surface area contributed by atoms with Crippen molar-refractivity contribution in [2.75, 3.05) is 27.3 Å². The Kier molecular flexibility index (Phi) is 6.65. The van der Waals surface area contributed by atoms with E-state index in [1.165, 1.54) is 18.3 Å². The maximum absolute atomic E-state index is 5.30. The molecule has 1 aromatic rings. The lowest BCUT2D eigenvalue weighted by Gasteiger charge is -2.20. The van der Waals surface area contributed by atoms with Crippen LogP contribution in [0.3, 0.4) is 0 Å². The van der Waals surface area contributed by atoms with Gasteiger partial charge in [-0.3, -0.25) is 0 Å². The maximum atomic E-state index is 5.30. The smallest absolute Gasteiger partial charge is 0.238 e. The molecule has 0 spiro atoms. The first-order valence-electron chi connectivity index (χ1n) is 6.67. The summed E-state index contributed by atoms with van der Waals surface area (Å²) in [6, 6.07) is 6.08. The molecule has 4 heteroatoms. The quantitative estimate of drug-likeness (QED) is 0.656. The van der Waals surface area contributed by atoms with E-state index in [0.717, 1.165) is 32.0 Å². The molecule has 0 saturated heterocycles. The summed E-state index contributed by atoms with van der Waals surface area (Å²) >= 11 is 0. The number of nitrogens with zero attached hydrogens (tertiary/aromatic N) is 1. The molecule has 0 atom stereocenters. The Morgan fingerprint density at radius 2 is 1.44 bits per heavy atom. The molecule has 1 rings (SSSR count). The minimum atomic E-state index is 0.859. The number of benzene rings is 1. The molecule has 0 aliphatic heterocycles. The first-order chi connectivity index (χ1) is 8.73. The van der Waals surface area contributed by atoms with Crippen molar-refractivity contribution in [3.8, 4) is 11.5 Å². The summed E-state index contributed by atoms with van der Waals surface area (Å²) < 4.78 is 10.6. The van der Waals surface area contributed by atoms with E-state index in [1.54, 1.807) is 14.2 Å². The molecule has 0 unspecified atom stereocenters. The van der Waals surface area contributed by atoms with E-state index in [1.807, 2.05) is 6.07 Å². The largest absolute Gasteiger partial charge is 0.497 e. The highest BCUT2D eigenvalue weighted by Crippen LogP contribution is 2.17. The number of methoxy groups -OCH3 is 2. The average molecular weight is 249 g/mol. The standard InChI is InChI=1S/C14H24BNO2/c1-5-7-16(8-6-2)15-12-9-13(17-3)11-14(10-12)18-4/h9-11,15H,5-8H2,1-4H3. The summed E-state index contributed by atoms with van der Waals surface area (Å²) in [5, 5.41) is 0. The van der Waals surface area contributed by atoms with Gasteiger partial charge in [0.1, 0.15) is 11.5 Å². The van der Waals surface area contributed by atoms with Gasteiger partial charge in [-0.05, 0) is 38.1 Å². The average Bonchev–Trinajstić information content (AvgIpc) is 2.38. The van der Waals surface area contributed by atoms with Crippen LogP contribution in [-0.2, 0) is 0 Å². The Bertz CT molecular complexity index is 329. The fourth-order valence-corrected chi connectivity index (χ4v) is 2.12. The third-order valence-corrected chi connectivity index (χ3v) is 2.90. The molecule has 0 saturated carbocycles. The number of rotatable bonds is 8. The molecule has 0 heterocycles. The second-order valence-electron chi connectivity index (χ2n) is 4.50. The van der Waals surface area contributed by atoms with Crippen LogP contribution in [-0.4, -0.2) is 39.5 Å². The Hall–Kier alpha value is -1.16. The molecule has 0 aliphatic carbocycles. The van der Waals surface area contributed by atoms with Crippen molar-refractivity contribution in [2.24, 2.45) is 0 Å². The van der Waals surface area contributed by atoms with Crippen molar-refractivity contribution in [3.63, 3.8) is 0 Å². The summed E-state index contributed by atoms with van der Waals surface area (Å²) in [6.45, 7) is 6.70. The monoisotopic (exact) mass is 249 g/mol. The van der Waals surface area contributed by atoms with Gasteiger partial charge in [-0.25, -0.2) is 0 Å². The topological polar surface area (TPSA) is 21.7 Å². The molecule has 0 radical (unpaired) electrons. The molecular formula is C14H24BNO2. The molecule has 0 aromatic heterocycles. The molecule has 0 N–H and O–H groups in total. The van der Waals surface area contributed by atoms with Crippen molar-refractivity contribution >= 4 is 12.9 Å². The SMILES string of the molecule is CCCN(Bc1cc(OC)cc(OC)c1)CCC. The fourth-order valence-electron chi connectivity index (χ4n) is 2.12. The number of ether oxygens (including phenoxy) is 2. The van der Waals surface area contributed by atoms with Crippen LogP contribution in [0.2, 0.25) is 0 Å². The van der Waals surface area contributed by atoms with Gasteiger partial charge in [-0.1, -0.05) is 19.3 Å². The van der Waals surface area contributed by atoms with Crippen LogP contribution in [0.4, 0.5) is 0 Å². The van der Waals surface area contributed by atoms with Crippen LogP contribution in [0, 0.1) is 0 Å². The molecule has 3 nitrogen and oxygen atoms in total. The molecule has 18 heavy (non-hydrogen) atoms. The highest BCUT2D eigenvalue weighted by Gasteiger charge is 2.09. The van der Waals surface area contributed by atoms with Gasteiger partial charge in [0.15, 0.2) is 0 Å². The van der Waals surface area contributed by atoms with Gasteiger partial charge in [0.05, 0.1) is 14.2 Å². The molecule has 0 aliphatic rings. The second-order valence-corrected chi connectivity index (χ2v) is 4.50. The van der Waals surface area contributed by atoms with Gasteiger partial charge in [0, 0.05) is 6.07 Å². The zero-order valence-electron chi connectivity index (χ0n) is 12.0. The van der Waals surface area contributed by atoms with Crippen LogP contribution in [0.1, 0.15) is 26.7 Å². The van der Waals surface area contributed by atoms with Crippen LogP contribution in [0.15, 0.2) is 18.2 Å². The van der Waals surface area contributed by atoms with E-state index in [2.05, 4.69) is 30.8 Å². The lowest BCUT2D eigenvalue weighted by atomic mass is 9.79. The van der Waals surface area contributed by atoms with Crippen LogP contribution in [0.25, 0.3) is 0 Å². The second kappa shape index (κ2) is 8.04. The van der Waals surface area contributed by atoms with E-state index < -0.39 is 0 Å². The zero-order chi connectivity index (χ0) is 13.4. The lowest BCUT2D eigenvalue weighted by molar-refractivity contribution is 0.394. The number of hydrogen-bond donors (Lipinski definition) is 0. The first kappa shape index (κ1) is 14.9. The predicted molar refractivity (Wildman–Crippen MR) is 78.5 cm³/mol. The summed E-state index contributed by atoms with van der Waals surface area (Å²) in [4.78, 5) is 2.47. The normalized spacial score (nSPS) is 10.5. The summed E-state index contributed by atoms with van der Waals surface area (Å²) in [6.07, 6.45) is 2.36. The highest BCUT2D eigenvalue weighted by atomic mass is 16.5. The van der Waals surface area contributed by atoms with Gasteiger partial charge in [0.25, 0.3) is 0 Å². The van der Waals surface area contributed by atoms with Crippen molar-refractivity contribution in [1.29, 1.82) is 0 Å². The van der Waals surface area contributed by atoms with Gasteiger partial charge in [-0.2, -0.15) is 0 Å². The van der Waals surface area contributed by atoms with Crippen LogP contribution >= 0.6 is 0 Å². The molecular weight excluding hydrogens is 225 g/mol. The molecule has 0 bridgehead atoms. The van der Waals surface area contributed by atoms with E-state index in [0.29, 0.717) is 0 Å². The van der Waals surface area contributed by atoms with E-state index in [9.17, 15) is 0 Å². The Balaban J connectivity index is 2.80. The Morgan fingerprint density at radius 3 is 1.83 bits per heavy atom. The zero-order valence-corrected chi connectivity index (χ0v) is 12.0. The number of hydrogen-bond acceptors (Lipinski definition) is 3. The fraction of sp³-hybridized carbons (Fsp3) is 0.571. The van der Waals surface area contributed by atoms with Crippen LogP contribution in [0.5, 0.6) is 11.5 Å². The highest BCUT2D eigenvalue weighted by molar-refractivity contribution is 6.50. The van der Waals surface area contributed by atoms with E-state index in [4.69, 9.17) is 9.47 Å². The van der Waals surface area contributed by atoms with Gasteiger partial charge in [-0.15, -0.1) is 0 Å². The van der Waals surface area contributed by atoms with E-state index in [-0.39, 0.29) is 0 Å². The summed E-state index contributed by atoms with van der Waals surface area (Å²) in [5.41, 5.74) is 1.24. The third-order valence-electron chi connectivity index (χ3n) is 2.90. The summed E-state index contributed by atoms with van der Waals surface area (Å²) in [5.74, 6) is 1.72. The lowest BCUT2D eigenvalue weighted by Crippen LogP contribution is -2.37. The predicted octanol–water partition coefficient (Wildman–Crippen LogP) is 1.80. The van der Waals surface area contributed by atoms with Crippen molar-refractivity contribution in [3.05, 3.63) is 18.2 Å². The van der Waals surface area contributed by atoms with Gasteiger partial charge >= 0.3 is 0 Å². The Labute approximate surface area is 111 Å². The van der Waals surface area contributed by atoms with Crippen molar-refractivity contribution in [2.45, 2.75) is 26.7 Å². The minimum absolute atomic E-state index is 0.859. The molecule has 0 fully saturated rings. The molecule has 100 valence electrons. The van der Waals surface area contributed by atoms with Gasteiger partial charge < -0.3 is 14.3 Å². The van der Waals surface area contributed by atoms with Crippen molar-refractivity contribution in [1.82, 2.24) is 4.81 Å². The van der Waals surface area contributed by atoms with Gasteiger partial charge in [0.2, 0.25) is 7.41 Å². The minimum Gasteiger partial charge on any atom is -0.497 e. The molecule has 0 amide bonds.